The maximum absolute atomic E-state index is 11.9. The van der Waals surface area contributed by atoms with E-state index in [0.717, 1.165) is 12.8 Å². The standard InChI is InChI=1S/C15H26N2OS/c1-5-7-13(14-8-6-9-19-14)16-10-15(18)17-12(4)11(2)3/h6,8-9,11-13,16H,5,7,10H2,1-4H3,(H,17,18). The van der Waals surface area contributed by atoms with Crippen LogP contribution in [0.15, 0.2) is 17.5 Å². The average Bonchev–Trinajstić information content (AvgIpc) is 2.87. The smallest absolute Gasteiger partial charge is 0.234 e. The Morgan fingerprint density at radius 3 is 2.63 bits per heavy atom. The molecular weight excluding hydrogens is 256 g/mol. The van der Waals surface area contributed by atoms with Gasteiger partial charge < -0.3 is 10.6 Å². The van der Waals surface area contributed by atoms with Crippen LogP contribution in [0.1, 0.15) is 51.5 Å². The molecule has 108 valence electrons. The van der Waals surface area contributed by atoms with Crippen molar-refractivity contribution in [2.45, 2.75) is 52.6 Å². The second-order valence-electron chi connectivity index (χ2n) is 5.34. The van der Waals surface area contributed by atoms with Gasteiger partial charge in [-0.25, -0.2) is 0 Å². The molecule has 0 aliphatic heterocycles. The molecule has 1 amide bonds. The first kappa shape index (κ1) is 16.2. The zero-order chi connectivity index (χ0) is 14.3. The van der Waals surface area contributed by atoms with E-state index in [-0.39, 0.29) is 11.9 Å². The lowest BCUT2D eigenvalue weighted by atomic mass is 10.1. The Morgan fingerprint density at radius 2 is 2.11 bits per heavy atom. The Kier molecular flexibility index (Phi) is 7.10. The van der Waals surface area contributed by atoms with Crippen molar-refractivity contribution in [2.75, 3.05) is 6.54 Å². The Bertz CT molecular complexity index is 362. The topological polar surface area (TPSA) is 41.1 Å². The molecule has 0 aliphatic carbocycles. The number of carbonyl (C=O) groups excluding carboxylic acids is 1. The van der Waals surface area contributed by atoms with Gasteiger partial charge in [0.15, 0.2) is 0 Å². The SMILES string of the molecule is CCCC(NCC(=O)NC(C)C(C)C)c1cccs1. The molecule has 0 aliphatic rings. The van der Waals surface area contributed by atoms with Gasteiger partial charge in [-0.2, -0.15) is 0 Å². The molecule has 2 N–H and O–H groups in total. The highest BCUT2D eigenvalue weighted by molar-refractivity contribution is 7.10. The number of amides is 1. The number of carbonyl (C=O) groups is 1. The number of nitrogens with one attached hydrogen (secondary N) is 2. The van der Waals surface area contributed by atoms with Crippen LogP contribution in [-0.2, 0) is 4.79 Å². The van der Waals surface area contributed by atoms with Gasteiger partial charge >= 0.3 is 0 Å². The Balaban J connectivity index is 2.42. The summed E-state index contributed by atoms with van der Waals surface area (Å²) in [5, 5.41) is 8.47. The van der Waals surface area contributed by atoms with Crippen molar-refractivity contribution in [2.24, 2.45) is 5.92 Å². The van der Waals surface area contributed by atoms with Gasteiger partial charge in [-0.05, 0) is 30.7 Å². The van der Waals surface area contributed by atoms with Crippen LogP contribution in [0.2, 0.25) is 0 Å². The van der Waals surface area contributed by atoms with Crippen molar-refractivity contribution < 1.29 is 4.79 Å². The molecule has 0 fully saturated rings. The van der Waals surface area contributed by atoms with E-state index >= 15 is 0 Å². The number of hydrogen-bond donors (Lipinski definition) is 2. The van der Waals surface area contributed by atoms with Gasteiger partial charge in [-0.1, -0.05) is 33.3 Å². The van der Waals surface area contributed by atoms with Crippen molar-refractivity contribution in [3.8, 4) is 0 Å². The van der Waals surface area contributed by atoms with E-state index in [4.69, 9.17) is 0 Å². The highest BCUT2D eigenvalue weighted by Gasteiger charge is 2.14. The zero-order valence-electron chi connectivity index (χ0n) is 12.4. The molecule has 1 heterocycles. The van der Waals surface area contributed by atoms with Crippen LogP contribution in [0.25, 0.3) is 0 Å². The van der Waals surface area contributed by atoms with E-state index < -0.39 is 0 Å². The van der Waals surface area contributed by atoms with Crippen LogP contribution >= 0.6 is 11.3 Å². The molecule has 4 heteroatoms. The normalized spacial score (nSPS) is 14.4. The van der Waals surface area contributed by atoms with Crippen LogP contribution in [-0.4, -0.2) is 18.5 Å². The third-order valence-corrected chi connectivity index (χ3v) is 4.35. The Labute approximate surface area is 120 Å². The van der Waals surface area contributed by atoms with Gasteiger partial charge in [0.05, 0.1) is 6.54 Å². The first-order chi connectivity index (χ1) is 9.04. The molecule has 2 unspecified atom stereocenters. The molecule has 0 saturated carbocycles. The maximum atomic E-state index is 11.9. The van der Waals surface area contributed by atoms with Crippen LogP contribution in [0.3, 0.4) is 0 Å². The predicted octanol–water partition coefficient (Wildman–Crippen LogP) is 3.34. The molecule has 19 heavy (non-hydrogen) atoms. The van der Waals surface area contributed by atoms with E-state index in [1.807, 2.05) is 6.92 Å². The average molecular weight is 282 g/mol. The predicted molar refractivity (Wildman–Crippen MR) is 82.4 cm³/mol. The summed E-state index contributed by atoms with van der Waals surface area (Å²) in [4.78, 5) is 13.2. The van der Waals surface area contributed by atoms with Gasteiger partial charge in [0.2, 0.25) is 5.91 Å². The number of hydrogen-bond acceptors (Lipinski definition) is 3. The van der Waals surface area contributed by atoms with E-state index in [0.29, 0.717) is 18.5 Å². The minimum atomic E-state index is 0.0823. The summed E-state index contributed by atoms with van der Waals surface area (Å²) in [6.07, 6.45) is 2.17. The summed E-state index contributed by atoms with van der Waals surface area (Å²) in [5.41, 5.74) is 0. The Hall–Kier alpha value is -0.870. The highest BCUT2D eigenvalue weighted by atomic mass is 32.1. The summed E-state index contributed by atoms with van der Waals surface area (Å²) in [7, 11) is 0. The first-order valence-corrected chi connectivity index (χ1v) is 7.98. The van der Waals surface area contributed by atoms with Gasteiger partial charge in [0.1, 0.15) is 0 Å². The second-order valence-corrected chi connectivity index (χ2v) is 6.32. The molecule has 0 saturated heterocycles. The fourth-order valence-electron chi connectivity index (χ4n) is 1.81. The van der Waals surface area contributed by atoms with Gasteiger partial charge in [0, 0.05) is 17.0 Å². The molecule has 0 bridgehead atoms. The van der Waals surface area contributed by atoms with E-state index in [1.54, 1.807) is 11.3 Å². The second kappa shape index (κ2) is 8.33. The Morgan fingerprint density at radius 1 is 1.37 bits per heavy atom. The van der Waals surface area contributed by atoms with Crippen LogP contribution in [0.5, 0.6) is 0 Å². The summed E-state index contributed by atoms with van der Waals surface area (Å²) in [5.74, 6) is 0.548. The number of rotatable bonds is 8. The lowest BCUT2D eigenvalue weighted by molar-refractivity contribution is -0.121. The fourth-order valence-corrected chi connectivity index (χ4v) is 2.65. The highest BCUT2D eigenvalue weighted by Crippen LogP contribution is 2.22. The quantitative estimate of drug-likeness (QED) is 0.768. The van der Waals surface area contributed by atoms with E-state index in [9.17, 15) is 4.79 Å². The number of thiophene rings is 1. The molecule has 1 aromatic heterocycles. The summed E-state index contributed by atoms with van der Waals surface area (Å²) in [6.45, 7) is 8.84. The minimum Gasteiger partial charge on any atom is -0.352 e. The maximum Gasteiger partial charge on any atom is 0.234 e. The van der Waals surface area contributed by atoms with E-state index in [2.05, 4.69) is 48.9 Å². The summed E-state index contributed by atoms with van der Waals surface area (Å²) >= 11 is 1.75. The van der Waals surface area contributed by atoms with Gasteiger partial charge in [-0.3, -0.25) is 4.79 Å². The molecule has 0 radical (unpaired) electrons. The van der Waals surface area contributed by atoms with Crippen molar-refractivity contribution in [1.29, 1.82) is 0 Å². The third kappa shape index (κ3) is 5.74. The van der Waals surface area contributed by atoms with Crippen molar-refractivity contribution >= 4 is 17.2 Å². The molecule has 1 rings (SSSR count). The lowest BCUT2D eigenvalue weighted by Crippen LogP contribution is -2.42. The monoisotopic (exact) mass is 282 g/mol. The van der Waals surface area contributed by atoms with Crippen molar-refractivity contribution in [1.82, 2.24) is 10.6 Å². The molecule has 0 spiro atoms. The van der Waals surface area contributed by atoms with E-state index in [1.165, 1.54) is 4.88 Å². The zero-order valence-corrected chi connectivity index (χ0v) is 13.2. The molecule has 2 atom stereocenters. The van der Waals surface area contributed by atoms with Gasteiger partial charge in [0.25, 0.3) is 0 Å². The van der Waals surface area contributed by atoms with Crippen molar-refractivity contribution in [3.63, 3.8) is 0 Å². The summed E-state index contributed by atoms with van der Waals surface area (Å²) < 4.78 is 0. The molecule has 0 aromatic carbocycles. The molecule has 3 nitrogen and oxygen atoms in total. The molecular formula is C15H26N2OS. The largest absolute Gasteiger partial charge is 0.352 e. The van der Waals surface area contributed by atoms with Crippen LogP contribution < -0.4 is 10.6 Å². The summed E-state index contributed by atoms with van der Waals surface area (Å²) in [6, 6.07) is 4.71. The lowest BCUT2D eigenvalue weighted by Gasteiger charge is -2.20. The van der Waals surface area contributed by atoms with Gasteiger partial charge in [-0.15, -0.1) is 11.3 Å². The first-order valence-electron chi connectivity index (χ1n) is 7.10. The van der Waals surface area contributed by atoms with Crippen LogP contribution in [0.4, 0.5) is 0 Å². The molecule has 1 aromatic rings. The minimum absolute atomic E-state index is 0.0823. The van der Waals surface area contributed by atoms with Crippen molar-refractivity contribution in [3.05, 3.63) is 22.4 Å². The third-order valence-electron chi connectivity index (χ3n) is 3.36. The fraction of sp³-hybridized carbons (Fsp3) is 0.667. The van der Waals surface area contributed by atoms with Crippen LogP contribution in [0, 0.1) is 5.92 Å².